The van der Waals surface area contributed by atoms with Crippen molar-refractivity contribution in [2.45, 2.75) is 59.3 Å². The summed E-state index contributed by atoms with van der Waals surface area (Å²) in [6, 6.07) is 14.7. The molecular formula is C31H37FN6O. The molecule has 3 heterocycles. The van der Waals surface area contributed by atoms with Crippen LogP contribution in [0.2, 0.25) is 0 Å². The molecule has 4 aromatic rings. The average molecular weight is 529 g/mol. The fourth-order valence-corrected chi connectivity index (χ4v) is 5.23. The molecule has 0 spiro atoms. The lowest BCUT2D eigenvalue weighted by atomic mass is 10.1. The predicted molar refractivity (Wildman–Crippen MR) is 153 cm³/mol. The molecule has 1 aliphatic heterocycles. The normalized spacial score (nSPS) is 14.2. The number of fused-ring (bicyclic) bond motifs is 1. The Morgan fingerprint density at radius 2 is 1.69 bits per heavy atom. The number of rotatable bonds is 8. The summed E-state index contributed by atoms with van der Waals surface area (Å²) in [4.78, 5) is 27.2. The molecule has 204 valence electrons. The number of carbonyl (C=O) groups is 1. The van der Waals surface area contributed by atoms with Crippen LogP contribution < -0.4 is 4.90 Å². The maximum atomic E-state index is 13.7. The van der Waals surface area contributed by atoms with Gasteiger partial charge in [0.25, 0.3) is 0 Å². The number of amides is 1. The summed E-state index contributed by atoms with van der Waals surface area (Å²) in [6.45, 7) is 9.15. The minimum atomic E-state index is -0.291. The number of benzene rings is 2. The monoisotopic (exact) mass is 528 g/mol. The fraction of sp³-hybridized carbons (Fsp3) is 0.419. The van der Waals surface area contributed by atoms with Crippen molar-refractivity contribution in [3.05, 3.63) is 77.0 Å². The van der Waals surface area contributed by atoms with Gasteiger partial charge in [0.05, 0.1) is 16.8 Å². The summed E-state index contributed by atoms with van der Waals surface area (Å²) in [7, 11) is 0. The Morgan fingerprint density at radius 3 is 2.44 bits per heavy atom. The molecule has 0 unspecified atom stereocenters. The van der Waals surface area contributed by atoms with E-state index in [1.165, 1.54) is 17.7 Å². The third kappa shape index (κ3) is 6.10. The zero-order chi connectivity index (χ0) is 27.4. The molecule has 1 aliphatic rings. The first-order valence-electron chi connectivity index (χ1n) is 14.0. The molecule has 8 heteroatoms. The number of aromatic nitrogens is 4. The van der Waals surface area contributed by atoms with Crippen LogP contribution >= 0.6 is 0 Å². The summed E-state index contributed by atoms with van der Waals surface area (Å²) < 4.78 is 15.5. The SMILES string of the molecule is CCCCCC(=O)N1CCCN(c2nc(Cc3ccc(C)cc3)nc3c2c(C)nn3-c2ccc(F)cc2)CC1. The summed E-state index contributed by atoms with van der Waals surface area (Å²) >= 11 is 0. The number of carbonyl (C=O) groups excluding carboxylic acids is 1. The zero-order valence-electron chi connectivity index (χ0n) is 23.2. The van der Waals surface area contributed by atoms with Crippen LogP contribution in [-0.4, -0.2) is 56.7 Å². The number of hydrogen-bond donors (Lipinski definition) is 0. The van der Waals surface area contributed by atoms with Crippen molar-refractivity contribution in [3.63, 3.8) is 0 Å². The molecule has 0 atom stereocenters. The molecule has 7 nitrogen and oxygen atoms in total. The van der Waals surface area contributed by atoms with Crippen LogP contribution in [0.3, 0.4) is 0 Å². The second-order valence-corrected chi connectivity index (χ2v) is 10.5. The maximum absolute atomic E-state index is 13.7. The Morgan fingerprint density at radius 1 is 0.923 bits per heavy atom. The van der Waals surface area contributed by atoms with Crippen LogP contribution in [0.1, 0.15) is 61.7 Å². The molecule has 0 radical (unpaired) electrons. The van der Waals surface area contributed by atoms with E-state index in [0.717, 1.165) is 66.9 Å². The Balaban J connectivity index is 1.51. The van der Waals surface area contributed by atoms with Gasteiger partial charge in [-0.15, -0.1) is 0 Å². The van der Waals surface area contributed by atoms with E-state index in [1.807, 2.05) is 11.8 Å². The largest absolute Gasteiger partial charge is 0.354 e. The van der Waals surface area contributed by atoms with E-state index in [4.69, 9.17) is 15.1 Å². The molecule has 1 fully saturated rings. The highest BCUT2D eigenvalue weighted by Gasteiger charge is 2.25. The predicted octanol–water partition coefficient (Wildman–Crippen LogP) is 5.78. The Bertz CT molecular complexity index is 1430. The molecule has 0 bridgehead atoms. The molecule has 2 aromatic heterocycles. The molecule has 1 saturated heterocycles. The van der Waals surface area contributed by atoms with Gasteiger partial charge in [0.1, 0.15) is 17.5 Å². The van der Waals surface area contributed by atoms with Gasteiger partial charge in [-0.05, 0) is 56.5 Å². The van der Waals surface area contributed by atoms with Crippen molar-refractivity contribution in [2.75, 3.05) is 31.1 Å². The second kappa shape index (κ2) is 11.9. The van der Waals surface area contributed by atoms with Gasteiger partial charge in [-0.2, -0.15) is 5.10 Å². The Kier molecular flexibility index (Phi) is 8.19. The van der Waals surface area contributed by atoms with Crippen LogP contribution in [0.5, 0.6) is 0 Å². The first-order valence-corrected chi connectivity index (χ1v) is 14.0. The van der Waals surface area contributed by atoms with Crippen molar-refractivity contribution >= 4 is 22.8 Å². The van der Waals surface area contributed by atoms with Gasteiger partial charge < -0.3 is 9.80 Å². The van der Waals surface area contributed by atoms with Gasteiger partial charge >= 0.3 is 0 Å². The van der Waals surface area contributed by atoms with Gasteiger partial charge in [0.15, 0.2) is 5.65 Å². The molecule has 0 aliphatic carbocycles. The zero-order valence-corrected chi connectivity index (χ0v) is 23.2. The highest BCUT2D eigenvalue weighted by atomic mass is 19.1. The third-order valence-corrected chi connectivity index (χ3v) is 7.43. The summed E-state index contributed by atoms with van der Waals surface area (Å²) in [5.74, 6) is 1.52. The van der Waals surface area contributed by atoms with E-state index < -0.39 is 0 Å². The van der Waals surface area contributed by atoms with E-state index in [9.17, 15) is 9.18 Å². The first kappa shape index (κ1) is 26.8. The second-order valence-electron chi connectivity index (χ2n) is 10.5. The topological polar surface area (TPSA) is 67.2 Å². The maximum Gasteiger partial charge on any atom is 0.222 e. The van der Waals surface area contributed by atoms with Gasteiger partial charge in [-0.1, -0.05) is 49.6 Å². The van der Waals surface area contributed by atoms with Gasteiger partial charge in [0.2, 0.25) is 5.91 Å². The number of nitrogens with zero attached hydrogens (tertiary/aromatic N) is 6. The molecular weight excluding hydrogens is 491 g/mol. The van der Waals surface area contributed by atoms with E-state index in [1.54, 1.807) is 16.8 Å². The van der Waals surface area contributed by atoms with Crippen molar-refractivity contribution in [1.82, 2.24) is 24.6 Å². The van der Waals surface area contributed by atoms with Gasteiger partial charge in [-0.3, -0.25) is 4.79 Å². The lowest BCUT2D eigenvalue weighted by Gasteiger charge is -2.24. The van der Waals surface area contributed by atoms with Crippen molar-refractivity contribution in [1.29, 1.82) is 0 Å². The van der Waals surface area contributed by atoms with E-state index >= 15 is 0 Å². The number of unbranched alkanes of at least 4 members (excludes halogenated alkanes) is 2. The van der Waals surface area contributed by atoms with Crippen LogP contribution in [0.4, 0.5) is 10.2 Å². The van der Waals surface area contributed by atoms with Crippen LogP contribution in [-0.2, 0) is 11.2 Å². The first-order chi connectivity index (χ1) is 18.9. The minimum absolute atomic E-state index is 0.249. The lowest BCUT2D eigenvalue weighted by Crippen LogP contribution is -2.35. The quantitative estimate of drug-likeness (QED) is 0.271. The smallest absolute Gasteiger partial charge is 0.222 e. The molecule has 39 heavy (non-hydrogen) atoms. The minimum Gasteiger partial charge on any atom is -0.354 e. The standard InChI is InChI=1S/C31H37FN6O/c1-4-5-6-8-28(39)36-17-7-18-37(20-19-36)30-29-23(3)35-38(26-15-13-25(32)14-16-26)31(29)34-27(33-30)21-24-11-9-22(2)10-12-24/h9-16H,4-8,17-21H2,1-3H3. The van der Waals surface area contributed by atoms with Crippen molar-refractivity contribution in [2.24, 2.45) is 0 Å². The number of halogens is 1. The Hall–Kier alpha value is -3.81. The summed E-state index contributed by atoms with van der Waals surface area (Å²) in [6.07, 6.45) is 5.24. The van der Waals surface area contributed by atoms with Crippen molar-refractivity contribution < 1.29 is 9.18 Å². The molecule has 0 saturated carbocycles. The lowest BCUT2D eigenvalue weighted by molar-refractivity contribution is -0.131. The van der Waals surface area contributed by atoms with Crippen LogP contribution in [0, 0.1) is 19.7 Å². The van der Waals surface area contributed by atoms with Crippen LogP contribution in [0.25, 0.3) is 16.7 Å². The van der Waals surface area contributed by atoms with Crippen LogP contribution in [0.15, 0.2) is 48.5 Å². The number of hydrogen-bond acceptors (Lipinski definition) is 5. The average Bonchev–Trinajstić information content (AvgIpc) is 3.10. The Labute approximate surface area is 229 Å². The molecule has 1 amide bonds. The molecule has 0 N–H and O–H groups in total. The third-order valence-electron chi connectivity index (χ3n) is 7.43. The number of aryl methyl sites for hydroxylation is 2. The molecule has 5 rings (SSSR count). The van der Waals surface area contributed by atoms with E-state index in [0.29, 0.717) is 37.4 Å². The van der Waals surface area contributed by atoms with Gasteiger partial charge in [-0.25, -0.2) is 19.0 Å². The highest BCUT2D eigenvalue weighted by molar-refractivity contribution is 5.91. The van der Waals surface area contributed by atoms with E-state index in [2.05, 4.69) is 43.0 Å². The fourth-order valence-electron chi connectivity index (χ4n) is 5.23. The summed E-state index contributed by atoms with van der Waals surface area (Å²) in [5.41, 5.74) is 4.63. The number of anilines is 1. The van der Waals surface area contributed by atoms with Crippen molar-refractivity contribution in [3.8, 4) is 5.69 Å². The van der Waals surface area contributed by atoms with E-state index in [-0.39, 0.29) is 11.7 Å². The van der Waals surface area contributed by atoms with Gasteiger partial charge in [0, 0.05) is 39.0 Å². The summed E-state index contributed by atoms with van der Waals surface area (Å²) in [5, 5.41) is 5.71. The molecule has 2 aromatic carbocycles. The highest BCUT2D eigenvalue weighted by Crippen LogP contribution is 2.30.